The van der Waals surface area contributed by atoms with Crippen LogP contribution in [-0.2, 0) is 16.3 Å². The number of thiol groups is 1. The Morgan fingerprint density at radius 1 is 1.29 bits per heavy atom. The summed E-state index contributed by atoms with van der Waals surface area (Å²) in [5, 5.41) is 7.97. The van der Waals surface area contributed by atoms with E-state index in [2.05, 4.69) is 29.7 Å². The van der Waals surface area contributed by atoms with Crippen LogP contribution in [-0.4, -0.2) is 22.6 Å². The van der Waals surface area contributed by atoms with Crippen molar-refractivity contribution in [3.8, 4) is 16.9 Å². The van der Waals surface area contributed by atoms with E-state index < -0.39 is 5.69 Å². The van der Waals surface area contributed by atoms with E-state index in [0.717, 1.165) is 23.3 Å². The van der Waals surface area contributed by atoms with Crippen molar-refractivity contribution in [1.82, 2.24) is 10.2 Å². The summed E-state index contributed by atoms with van der Waals surface area (Å²) in [5.41, 5.74) is -1.03. The number of para-hydroxylation sites is 1. The predicted molar refractivity (Wildman–Crippen MR) is 109 cm³/mol. The van der Waals surface area contributed by atoms with Gasteiger partial charge in [0, 0.05) is 21.8 Å². The Kier molecular flexibility index (Phi) is 7.85. The second-order valence-electron chi connectivity index (χ2n) is 4.68. The van der Waals surface area contributed by atoms with Crippen molar-refractivity contribution in [2.24, 2.45) is 0 Å². The summed E-state index contributed by atoms with van der Waals surface area (Å²) in [6.45, 7) is 4.50. The zero-order chi connectivity index (χ0) is 17.6. The molecule has 0 bridgehead atoms. The molecule has 0 N–H and O–H groups in total. The van der Waals surface area contributed by atoms with Crippen LogP contribution >= 0.6 is 41.3 Å². The number of benzene rings is 1. The first-order chi connectivity index (χ1) is 11.5. The largest absolute Gasteiger partial charge is 0.434 e. The van der Waals surface area contributed by atoms with Crippen LogP contribution in [0.2, 0.25) is 5.15 Å². The molecule has 0 spiro atoms. The summed E-state index contributed by atoms with van der Waals surface area (Å²) in [6, 6.07) is 7.41. The molecule has 1 unspecified atom stereocenters. The van der Waals surface area contributed by atoms with Crippen molar-refractivity contribution in [2.45, 2.75) is 25.2 Å². The van der Waals surface area contributed by atoms with Crippen LogP contribution in [0.4, 0.5) is 0 Å². The normalized spacial score (nSPS) is 13.5. The lowest BCUT2D eigenvalue weighted by atomic mass is 10.1. The molecule has 130 valence electrons. The summed E-state index contributed by atoms with van der Waals surface area (Å²) in [5.74, 6) is 1.44. The Labute approximate surface area is 162 Å². The minimum atomic E-state index is -2.53. The number of hydrogen-bond donors (Lipinski definition) is 1. The third-order valence-corrected chi connectivity index (χ3v) is 8.95. The maximum Gasteiger partial charge on any atom is 0.297 e. The van der Waals surface area contributed by atoms with Gasteiger partial charge < -0.3 is 9.05 Å². The highest BCUT2D eigenvalue weighted by atomic mass is 35.5. The molecule has 1 aromatic heterocycles. The maximum atomic E-state index is 6.20. The molecule has 1 aromatic carbocycles. The van der Waals surface area contributed by atoms with Gasteiger partial charge in [-0.2, -0.15) is 5.10 Å². The lowest BCUT2D eigenvalue weighted by Crippen LogP contribution is -1.99. The Bertz CT molecular complexity index is 748. The molecule has 4 nitrogen and oxygen atoms in total. The smallest absolute Gasteiger partial charge is 0.297 e. The number of rotatable bonds is 8. The first kappa shape index (κ1) is 20.0. The Hall–Kier alpha value is -0.300. The van der Waals surface area contributed by atoms with Crippen LogP contribution < -0.4 is 4.52 Å². The van der Waals surface area contributed by atoms with Crippen molar-refractivity contribution >= 4 is 53.1 Å². The third-order valence-electron chi connectivity index (χ3n) is 2.90. The van der Waals surface area contributed by atoms with Crippen LogP contribution in [0.25, 0.3) is 11.1 Å². The standard InChI is InChI=1S/C15H18ClN2O2PS3/c1-3-10-24-21(23,19-4-2)20-14-11(6-5-7-13(14)22)12-8-9-17-18-15(12)16/h5-9,22H,3-4,10H2,1-2H3. The van der Waals surface area contributed by atoms with Crippen molar-refractivity contribution in [2.75, 3.05) is 12.4 Å². The molecule has 0 aliphatic heterocycles. The second kappa shape index (κ2) is 9.41. The van der Waals surface area contributed by atoms with Crippen molar-refractivity contribution in [3.05, 3.63) is 35.6 Å². The van der Waals surface area contributed by atoms with Crippen LogP contribution in [0.1, 0.15) is 20.3 Å². The number of hydrogen-bond acceptors (Lipinski definition) is 7. The molecular formula is C15H18ClN2O2PS3. The quantitative estimate of drug-likeness (QED) is 0.425. The Morgan fingerprint density at radius 2 is 2.08 bits per heavy atom. The summed E-state index contributed by atoms with van der Waals surface area (Å²) >= 11 is 17.9. The molecule has 2 aromatic rings. The first-order valence-electron chi connectivity index (χ1n) is 7.39. The van der Waals surface area contributed by atoms with Gasteiger partial charge in [0.25, 0.3) is 5.69 Å². The van der Waals surface area contributed by atoms with E-state index in [1.165, 1.54) is 0 Å². The molecule has 1 atom stereocenters. The molecule has 24 heavy (non-hydrogen) atoms. The fourth-order valence-corrected chi connectivity index (χ4v) is 7.12. The summed E-state index contributed by atoms with van der Waals surface area (Å²) in [6.07, 6.45) is 2.58. The monoisotopic (exact) mass is 420 g/mol. The minimum absolute atomic E-state index is 0.298. The highest BCUT2D eigenvalue weighted by Crippen LogP contribution is 2.62. The minimum Gasteiger partial charge on any atom is -0.434 e. The van der Waals surface area contributed by atoms with Gasteiger partial charge in [-0.3, -0.25) is 0 Å². The molecular weight excluding hydrogens is 403 g/mol. The van der Waals surface area contributed by atoms with Gasteiger partial charge in [-0.25, -0.2) is 0 Å². The van der Waals surface area contributed by atoms with Crippen LogP contribution in [0.5, 0.6) is 5.75 Å². The maximum absolute atomic E-state index is 6.20. The fourth-order valence-electron chi connectivity index (χ4n) is 1.91. The molecule has 0 radical (unpaired) electrons. The molecule has 1 heterocycles. The van der Waals surface area contributed by atoms with E-state index in [1.807, 2.05) is 25.1 Å². The SMILES string of the molecule is CCCSP(=S)(OCC)Oc1c(S)cccc1-c1ccnnc1Cl. The zero-order valence-electron chi connectivity index (χ0n) is 13.3. The number of nitrogens with zero attached hydrogens (tertiary/aromatic N) is 2. The summed E-state index contributed by atoms with van der Waals surface area (Å²) in [7, 11) is 0. The predicted octanol–water partition coefficient (Wildman–Crippen LogP) is 5.87. The fraction of sp³-hybridized carbons (Fsp3) is 0.333. The molecule has 0 aliphatic rings. The topological polar surface area (TPSA) is 44.2 Å². The highest BCUT2D eigenvalue weighted by Gasteiger charge is 2.24. The van der Waals surface area contributed by atoms with Crippen molar-refractivity contribution in [1.29, 1.82) is 0 Å². The molecule has 0 aliphatic carbocycles. The van der Waals surface area contributed by atoms with E-state index in [1.54, 1.807) is 23.6 Å². The van der Waals surface area contributed by atoms with Crippen LogP contribution in [0.3, 0.4) is 0 Å². The lowest BCUT2D eigenvalue weighted by molar-refractivity contribution is 0.343. The zero-order valence-corrected chi connectivity index (χ0v) is 17.5. The molecule has 0 saturated heterocycles. The van der Waals surface area contributed by atoms with Gasteiger partial charge in [-0.1, -0.05) is 42.0 Å². The average molecular weight is 421 g/mol. The Balaban J connectivity index is 2.46. The van der Waals surface area contributed by atoms with Crippen molar-refractivity contribution < 1.29 is 9.05 Å². The molecule has 0 amide bonds. The van der Waals surface area contributed by atoms with E-state index in [-0.39, 0.29) is 0 Å². The molecule has 9 heteroatoms. The van der Waals surface area contributed by atoms with Gasteiger partial charge in [0.15, 0.2) is 5.15 Å². The molecule has 0 fully saturated rings. The van der Waals surface area contributed by atoms with Crippen LogP contribution in [0, 0.1) is 0 Å². The highest BCUT2D eigenvalue weighted by molar-refractivity contribution is 8.68. The first-order valence-corrected chi connectivity index (χ1v) is 12.4. The number of aromatic nitrogens is 2. The van der Waals surface area contributed by atoms with Gasteiger partial charge in [-0.05, 0) is 37.3 Å². The van der Waals surface area contributed by atoms with Crippen molar-refractivity contribution in [3.63, 3.8) is 0 Å². The van der Waals surface area contributed by atoms with E-state index in [9.17, 15) is 0 Å². The Morgan fingerprint density at radius 3 is 2.75 bits per heavy atom. The summed E-state index contributed by atoms with van der Waals surface area (Å²) < 4.78 is 12.0. The lowest BCUT2D eigenvalue weighted by Gasteiger charge is -2.24. The van der Waals surface area contributed by atoms with E-state index >= 15 is 0 Å². The van der Waals surface area contributed by atoms with Gasteiger partial charge >= 0.3 is 0 Å². The number of halogens is 1. The van der Waals surface area contributed by atoms with E-state index in [0.29, 0.717) is 22.4 Å². The third kappa shape index (κ3) is 5.10. The molecule has 2 rings (SSSR count). The van der Waals surface area contributed by atoms with Gasteiger partial charge in [-0.15, -0.1) is 17.7 Å². The van der Waals surface area contributed by atoms with Crippen LogP contribution in [0.15, 0.2) is 35.4 Å². The van der Waals surface area contributed by atoms with E-state index in [4.69, 9.17) is 32.5 Å². The summed E-state index contributed by atoms with van der Waals surface area (Å²) in [4.78, 5) is 0.673. The molecule has 0 saturated carbocycles. The van der Waals surface area contributed by atoms with Gasteiger partial charge in [0.05, 0.1) is 12.8 Å². The van der Waals surface area contributed by atoms with Gasteiger partial charge in [0.2, 0.25) is 0 Å². The van der Waals surface area contributed by atoms with Gasteiger partial charge in [0.1, 0.15) is 5.75 Å². The average Bonchev–Trinajstić information content (AvgIpc) is 2.56. The second-order valence-corrected chi connectivity index (χ2v) is 11.9.